The topological polar surface area (TPSA) is 47.3 Å². The highest BCUT2D eigenvalue weighted by Gasteiger charge is 2.19. The maximum Gasteiger partial charge on any atom is 0.127 e. The van der Waals surface area contributed by atoms with Crippen LogP contribution in [0.4, 0.5) is 4.39 Å². The zero-order chi connectivity index (χ0) is 15.2. The normalized spacial score (nSPS) is 11.7. The van der Waals surface area contributed by atoms with Crippen molar-refractivity contribution in [2.24, 2.45) is 5.41 Å². The standard InChI is InChI=1S/C15H20BrFN2O/c1-15(2,11-18)5-6-19(7-8-20)10-12-9-13(16)3-4-14(12)17/h3-4,9,20H,5-8,10H2,1-2H3. The van der Waals surface area contributed by atoms with Crippen LogP contribution >= 0.6 is 15.9 Å². The minimum Gasteiger partial charge on any atom is -0.395 e. The van der Waals surface area contributed by atoms with Gasteiger partial charge in [0, 0.05) is 29.7 Å². The molecule has 0 heterocycles. The van der Waals surface area contributed by atoms with Crippen molar-refractivity contribution in [3.8, 4) is 6.07 Å². The summed E-state index contributed by atoms with van der Waals surface area (Å²) in [5.41, 5.74) is 0.173. The molecule has 0 unspecified atom stereocenters. The Morgan fingerprint density at radius 2 is 2.10 bits per heavy atom. The van der Waals surface area contributed by atoms with Gasteiger partial charge in [0.2, 0.25) is 0 Å². The summed E-state index contributed by atoms with van der Waals surface area (Å²) in [5.74, 6) is -0.254. The molecular weight excluding hydrogens is 323 g/mol. The predicted octanol–water partition coefficient (Wildman–Crippen LogP) is 3.32. The van der Waals surface area contributed by atoms with Gasteiger partial charge in [0.05, 0.1) is 18.1 Å². The van der Waals surface area contributed by atoms with E-state index in [0.717, 1.165) is 4.47 Å². The number of benzene rings is 1. The van der Waals surface area contributed by atoms with Gasteiger partial charge in [-0.1, -0.05) is 15.9 Å². The third kappa shape index (κ3) is 5.58. The summed E-state index contributed by atoms with van der Waals surface area (Å²) >= 11 is 3.33. The van der Waals surface area contributed by atoms with Gasteiger partial charge in [-0.05, 0) is 38.5 Å². The molecule has 0 spiro atoms. The van der Waals surface area contributed by atoms with Gasteiger partial charge in [-0.25, -0.2) is 4.39 Å². The lowest BCUT2D eigenvalue weighted by atomic mass is 9.91. The number of halogens is 2. The summed E-state index contributed by atoms with van der Waals surface area (Å²) in [5, 5.41) is 18.1. The highest BCUT2D eigenvalue weighted by molar-refractivity contribution is 9.10. The molecule has 0 aliphatic rings. The molecule has 1 N–H and O–H groups in total. The molecule has 0 amide bonds. The number of nitriles is 1. The van der Waals surface area contributed by atoms with Gasteiger partial charge in [-0.15, -0.1) is 0 Å². The lowest BCUT2D eigenvalue weighted by Crippen LogP contribution is -2.30. The number of aliphatic hydroxyl groups is 1. The van der Waals surface area contributed by atoms with Crippen LogP contribution in [0.3, 0.4) is 0 Å². The molecule has 0 aromatic heterocycles. The second-order valence-electron chi connectivity index (χ2n) is 5.48. The minimum absolute atomic E-state index is 0.0165. The smallest absolute Gasteiger partial charge is 0.127 e. The zero-order valence-electron chi connectivity index (χ0n) is 11.9. The van der Waals surface area contributed by atoms with Crippen molar-refractivity contribution < 1.29 is 9.50 Å². The molecular formula is C15H20BrFN2O. The molecule has 0 aliphatic carbocycles. The zero-order valence-corrected chi connectivity index (χ0v) is 13.5. The molecule has 0 fully saturated rings. The van der Waals surface area contributed by atoms with Crippen LogP contribution in [0.1, 0.15) is 25.8 Å². The van der Waals surface area contributed by atoms with E-state index >= 15 is 0 Å². The van der Waals surface area contributed by atoms with Crippen molar-refractivity contribution in [1.82, 2.24) is 4.90 Å². The molecule has 1 aromatic rings. The molecule has 20 heavy (non-hydrogen) atoms. The second-order valence-corrected chi connectivity index (χ2v) is 6.40. The van der Waals surface area contributed by atoms with Crippen LogP contribution in [0.15, 0.2) is 22.7 Å². The lowest BCUT2D eigenvalue weighted by Gasteiger charge is -2.25. The Balaban J connectivity index is 2.72. The second kappa shape index (κ2) is 7.72. The van der Waals surface area contributed by atoms with Crippen molar-refractivity contribution >= 4 is 15.9 Å². The Labute approximate surface area is 128 Å². The fourth-order valence-electron chi connectivity index (χ4n) is 1.81. The fourth-order valence-corrected chi connectivity index (χ4v) is 2.22. The summed E-state index contributed by atoms with van der Waals surface area (Å²) < 4.78 is 14.6. The van der Waals surface area contributed by atoms with Gasteiger partial charge in [0.25, 0.3) is 0 Å². The fraction of sp³-hybridized carbons (Fsp3) is 0.533. The van der Waals surface area contributed by atoms with Crippen LogP contribution < -0.4 is 0 Å². The number of nitrogens with zero attached hydrogens (tertiary/aromatic N) is 2. The largest absolute Gasteiger partial charge is 0.395 e. The third-order valence-corrected chi connectivity index (χ3v) is 3.67. The van der Waals surface area contributed by atoms with E-state index in [1.165, 1.54) is 6.07 Å². The first-order valence-corrected chi connectivity index (χ1v) is 7.35. The van der Waals surface area contributed by atoms with E-state index in [9.17, 15) is 4.39 Å². The van der Waals surface area contributed by atoms with Crippen LogP contribution in [-0.4, -0.2) is 29.7 Å². The van der Waals surface area contributed by atoms with Crippen molar-refractivity contribution in [2.75, 3.05) is 19.7 Å². The molecule has 5 heteroatoms. The summed E-state index contributed by atoms with van der Waals surface area (Å²) in [6, 6.07) is 7.08. The molecule has 0 atom stereocenters. The van der Waals surface area contributed by atoms with Crippen molar-refractivity contribution in [3.63, 3.8) is 0 Å². The number of hydrogen-bond donors (Lipinski definition) is 1. The maximum atomic E-state index is 13.7. The Morgan fingerprint density at radius 1 is 1.40 bits per heavy atom. The SMILES string of the molecule is CC(C)(C#N)CCN(CCO)Cc1cc(Br)ccc1F. The molecule has 0 saturated carbocycles. The maximum absolute atomic E-state index is 13.7. The van der Waals surface area contributed by atoms with Gasteiger partial charge in [0.15, 0.2) is 0 Å². The summed E-state index contributed by atoms with van der Waals surface area (Å²) in [6.07, 6.45) is 0.680. The average molecular weight is 343 g/mol. The molecule has 0 aliphatic heterocycles. The molecule has 1 rings (SSSR count). The lowest BCUT2D eigenvalue weighted by molar-refractivity contribution is 0.175. The number of hydrogen-bond acceptors (Lipinski definition) is 3. The predicted molar refractivity (Wildman–Crippen MR) is 80.5 cm³/mol. The van der Waals surface area contributed by atoms with E-state index < -0.39 is 5.41 Å². The van der Waals surface area contributed by atoms with E-state index in [1.54, 1.807) is 12.1 Å². The quantitative estimate of drug-likeness (QED) is 0.826. The first kappa shape index (κ1) is 17.1. The van der Waals surface area contributed by atoms with E-state index in [0.29, 0.717) is 31.6 Å². The van der Waals surface area contributed by atoms with Crippen LogP contribution in [0.5, 0.6) is 0 Å². The van der Waals surface area contributed by atoms with Crippen LogP contribution in [0, 0.1) is 22.6 Å². The van der Waals surface area contributed by atoms with E-state index in [1.807, 2.05) is 18.7 Å². The first-order chi connectivity index (χ1) is 9.38. The average Bonchev–Trinajstić information content (AvgIpc) is 2.40. The Morgan fingerprint density at radius 3 is 2.70 bits per heavy atom. The highest BCUT2D eigenvalue weighted by Crippen LogP contribution is 2.21. The molecule has 0 radical (unpaired) electrons. The molecule has 110 valence electrons. The number of aliphatic hydroxyl groups excluding tert-OH is 1. The first-order valence-electron chi connectivity index (χ1n) is 6.56. The van der Waals surface area contributed by atoms with Crippen molar-refractivity contribution in [2.45, 2.75) is 26.8 Å². The van der Waals surface area contributed by atoms with E-state index in [2.05, 4.69) is 22.0 Å². The van der Waals surface area contributed by atoms with E-state index in [-0.39, 0.29) is 12.4 Å². The summed E-state index contributed by atoms with van der Waals surface area (Å²) in [4.78, 5) is 1.96. The van der Waals surface area contributed by atoms with E-state index in [4.69, 9.17) is 10.4 Å². The van der Waals surface area contributed by atoms with Gasteiger partial charge in [-0.3, -0.25) is 4.90 Å². The van der Waals surface area contributed by atoms with Crippen LogP contribution in [0.25, 0.3) is 0 Å². The molecule has 0 saturated heterocycles. The van der Waals surface area contributed by atoms with Gasteiger partial charge >= 0.3 is 0 Å². The Kier molecular flexibility index (Phi) is 6.60. The van der Waals surface area contributed by atoms with Crippen molar-refractivity contribution in [3.05, 3.63) is 34.1 Å². The van der Waals surface area contributed by atoms with Crippen molar-refractivity contribution in [1.29, 1.82) is 5.26 Å². The minimum atomic E-state index is -0.413. The summed E-state index contributed by atoms with van der Waals surface area (Å²) in [7, 11) is 0. The van der Waals surface area contributed by atoms with Gasteiger partial charge in [-0.2, -0.15) is 5.26 Å². The Hall–Kier alpha value is -0.960. The van der Waals surface area contributed by atoms with Crippen LogP contribution in [0.2, 0.25) is 0 Å². The summed E-state index contributed by atoms with van der Waals surface area (Å²) in [6.45, 7) is 5.31. The Bertz CT molecular complexity index is 485. The molecule has 1 aromatic carbocycles. The third-order valence-electron chi connectivity index (χ3n) is 3.17. The number of rotatable bonds is 7. The van der Waals surface area contributed by atoms with Gasteiger partial charge in [0.1, 0.15) is 5.82 Å². The monoisotopic (exact) mass is 342 g/mol. The molecule has 0 bridgehead atoms. The van der Waals surface area contributed by atoms with Crippen LogP contribution in [-0.2, 0) is 6.54 Å². The molecule has 3 nitrogen and oxygen atoms in total. The highest BCUT2D eigenvalue weighted by atomic mass is 79.9. The van der Waals surface area contributed by atoms with Gasteiger partial charge < -0.3 is 5.11 Å².